The van der Waals surface area contributed by atoms with Crippen molar-refractivity contribution in [3.8, 4) is 0 Å². The molecule has 0 spiro atoms. The molecule has 1 aliphatic heterocycles. The number of hydrogen-bond acceptors (Lipinski definition) is 8. The molecule has 4 atom stereocenters. The number of carbonyl (C=O) groups excluding carboxylic acids is 4. The van der Waals surface area contributed by atoms with Crippen LogP contribution in [-0.2, 0) is 23.9 Å². The van der Waals surface area contributed by atoms with Gasteiger partial charge in [-0.3, -0.25) is 19.2 Å². The Morgan fingerprint density at radius 1 is 1.12 bits per heavy atom. The first-order valence-corrected chi connectivity index (χ1v) is 10.5. The fraction of sp³-hybridized carbons (Fsp3) is 0.667. The van der Waals surface area contributed by atoms with Crippen molar-refractivity contribution >= 4 is 23.5 Å². The van der Waals surface area contributed by atoms with E-state index >= 15 is 0 Å². The normalized spacial score (nSPS) is 20.2. The van der Waals surface area contributed by atoms with Gasteiger partial charge in [0, 0.05) is 13.2 Å². The second-order valence-electron chi connectivity index (χ2n) is 8.61. The Morgan fingerprint density at radius 2 is 1.75 bits per heavy atom. The van der Waals surface area contributed by atoms with Crippen molar-refractivity contribution in [3.63, 3.8) is 0 Å². The summed E-state index contributed by atoms with van der Waals surface area (Å²) in [4.78, 5) is 50.4. The zero-order valence-corrected chi connectivity index (χ0v) is 19.3. The molecule has 0 radical (unpaired) electrons. The van der Waals surface area contributed by atoms with Crippen molar-refractivity contribution in [1.29, 1.82) is 0 Å². The Morgan fingerprint density at radius 3 is 2.25 bits per heavy atom. The smallest absolute Gasteiger partial charge is 0.274 e. The van der Waals surface area contributed by atoms with Gasteiger partial charge in [-0.2, -0.15) is 0 Å². The molecule has 3 amide bonds. The fourth-order valence-corrected chi connectivity index (χ4v) is 3.05. The number of ether oxygens (including phenoxy) is 2. The standard InChI is InChI=1S/C21H32N4O7/c1-11(2)7-14(17(26)21(5)10-31-21)23-20(29)16(9-30-6)24-18(27)13(4)22-19(28)15-8-12(3)32-25-15/h8,11,13-14,16H,7,9-10H2,1-6H3,(H,22,28)(H,23,29)(H,24,27). The molecule has 1 saturated heterocycles. The van der Waals surface area contributed by atoms with Crippen LogP contribution >= 0.6 is 0 Å². The Hall–Kier alpha value is -2.79. The Kier molecular flexibility index (Phi) is 8.51. The lowest BCUT2D eigenvalue weighted by atomic mass is 9.93. The molecule has 0 aliphatic carbocycles. The van der Waals surface area contributed by atoms with E-state index in [9.17, 15) is 19.2 Å². The molecule has 32 heavy (non-hydrogen) atoms. The number of Topliss-reactive ketones (excluding diaryl/α,β-unsaturated/α-hetero) is 1. The summed E-state index contributed by atoms with van der Waals surface area (Å²) in [5.41, 5.74) is -0.843. The van der Waals surface area contributed by atoms with Crippen LogP contribution in [0.15, 0.2) is 10.6 Å². The molecular formula is C21H32N4O7. The number of rotatable bonds is 12. The topological polar surface area (TPSA) is 152 Å². The lowest BCUT2D eigenvalue weighted by molar-refractivity contribution is -0.134. The van der Waals surface area contributed by atoms with Crippen LogP contribution in [0.4, 0.5) is 0 Å². The van der Waals surface area contributed by atoms with Crippen molar-refractivity contribution in [1.82, 2.24) is 21.1 Å². The Labute approximate surface area is 186 Å². The molecule has 1 fully saturated rings. The van der Waals surface area contributed by atoms with Gasteiger partial charge in [-0.1, -0.05) is 19.0 Å². The largest absolute Gasteiger partial charge is 0.382 e. The summed E-state index contributed by atoms with van der Waals surface area (Å²) >= 11 is 0. The second kappa shape index (κ2) is 10.7. The molecular weight excluding hydrogens is 420 g/mol. The number of aromatic nitrogens is 1. The highest BCUT2D eigenvalue weighted by Gasteiger charge is 2.50. The average Bonchev–Trinajstić information content (AvgIpc) is 3.32. The van der Waals surface area contributed by atoms with E-state index in [-0.39, 0.29) is 24.0 Å². The van der Waals surface area contributed by atoms with Gasteiger partial charge in [0.25, 0.3) is 5.91 Å². The van der Waals surface area contributed by atoms with E-state index in [1.165, 1.54) is 20.1 Å². The van der Waals surface area contributed by atoms with E-state index in [0.29, 0.717) is 18.8 Å². The summed E-state index contributed by atoms with van der Waals surface area (Å²) in [6, 6.07) is -1.33. The number of amides is 3. The first kappa shape index (κ1) is 25.5. The highest BCUT2D eigenvalue weighted by atomic mass is 16.6. The zero-order chi connectivity index (χ0) is 24.1. The van der Waals surface area contributed by atoms with Crippen LogP contribution in [0.5, 0.6) is 0 Å². The number of carbonyl (C=O) groups is 4. The maximum Gasteiger partial charge on any atom is 0.274 e. The van der Waals surface area contributed by atoms with Crippen LogP contribution in [0, 0.1) is 12.8 Å². The van der Waals surface area contributed by atoms with Crippen LogP contribution in [0.25, 0.3) is 0 Å². The third kappa shape index (κ3) is 6.86. The van der Waals surface area contributed by atoms with Gasteiger partial charge in [0.2, 0.25) is 11.8 Å². The molecule has 4 unspecified atom stereocenters. The van der Waals surface area contributed by atoms with Gasteiger partial charge < -0.3 is 29.9 Å². The van der Waals surface area contributed by atoms with Gasteiger partial charge in [0.1, 0.15) is 23.4 Å². The predicted molar refractivity (Wildman–Crippen MR) is 113 cm³/mol. The van der Waals surface area contributed by atoms with E-state index in [4.69, 9.17) is 14.0 Å². The number of methoxy groups -OCH3 is 1. The van der Waals surface area contributed by atoms with Gasteiger partial charge in [0.05, 0.1) is 19.3 Å². The quantitative estimate of drug-likeness (QED) is 0.378. The fourth-order valence-electron chi connectivity index (χ4n) is 3.05. The summed E-state index contributed by atoms with van der Waals surface area (Å²) in [5, 5.41) is 11.4. The summed E-state index contributed by atoms with van der Waals surface area (Å²) in [5.74, 6) is -1.34. The minimum absolute atomic E-state index is 0.0409. The lowest BCUT2D eigenvalue weighted by Crippen LogP contribution is -2.57. The van der Waals surface area contributed by atoms with Crippen LogP contribution in [0.2, 0.25) is 0 Å². The number of hydrogen-bond donors (Lipinski definition) is 3. The molecule has 2 heterocycles. The number of aryl methyl sites for hydroxylation is 1. The third-order valence-corrected chi connectivity index (χ3v) is 5.01. The first-order valence-electron chi connectivity index (χ1n) is 10.5. The van der Waals surface area contributed by atoms with Crippen molar-refractivity contribution in [2.24, 2.45) is 5.92 Å². The Bertz CT molecular complexity index is 847. The predicted octanol–water partition coefficient (Wildman–Crippen LogP) is 0.121. The van der Waals surface area contributed by atoms with Crippen LogP contribution in [0.3, 0.4) is 0 Å². The van der Waals surface area contributed by atoms with Crippen molar-refractivity contribution in [2.75, 3.05) is 20.3 Å². The minimum atomic E-state index is -1.06. The molecule has 1 aromatic rings. The number of nitrogens with one attached hydrogen (secondary N) is 3. The van der Waals surface area contributed by atoms with Crippen molar-refractivity contribution in [2.45, 2.75) is 64.8 Å². The SMILES string of the molecule is COCC(NC(=O)C(C)NC(=O)c1cc(C)on1)C(=O)NC(CC(C)C)C(=O)C1(C)CO1. The van der Waals surface area contributed by atoms with E-state index < -0.39 is 41.4 Å². The van der Waals surface area contributed by atoms with E-state index in [0.717, 1.165) is 0 Å². The maximum atomic E-state index is 12.9. The molecule has 0 aromatic carbocycles. The third-order valence-electron chi connectivity index (χ3n) is 5.01. The van der Waals surface area contributed by atoms with E-state index in [1.54, 1.807) is 13.8 Å². The van der Waals surface area contributed by atoms with Gasteiger partial charge in [-0.15, -0.1) is 0 Å². The highest BCUT2D eigenvalue weighted by molar-refractivity contribution is 5.99. The number of ketones is 1. The van der Waals surface area contributed by atoms with Crippen molar-refractivity contribution < 1.29 is 33.2 Å². The lowest BCUT2D eigenvalue weighted by Gasteiger charge is -2.25. The van der Waals surface area contributed by atoms with Gasteiger partial charge in [0.15, 0.2) is 11.5 Å². The Balaban J connectivity index is 2.00. The number of nitrogens with zero attached hydrogens (tertiary/aromatic N) is 1. The van der Waals surface area contributed by atoms with Crippen LogP contribution in [-0.4, -0.2) is 72.7 Å². The monoisotopic (exact) mass is 452 g/mol. The molecule has 178 valence electrons. The number of epoxide rings is 1. The molecule has 0 bridgehead atoms. The average molecular weight is 453 g/mol. The summed E-state index contributed by atoms with van der Waals surface area (Å²) in [6.45, 7) is 8.88. The summed E-state index contributed by atoms with van der Waals surface area (Å²) in [6.07, 6.45) is 0.431. The van der Waals surface area contributed by atoms with Crippen molar-refractivity contribution in [3.05, 3.63) is 17.5 Å². The molecule has 11 nitrogen and oxygen atoms in total. The molecule has 11 heteroatoms. The molecule has 0 saturated carbocycles. The summed E-state index contributed by atoms with van der Waals surface area (Å²) < 4.78 is 15.2. The summed E-state index contributed by atoms with van der Waals surface area (Å²) in [7, 11) is 1.39. The molecule has 2 rings (SSSR count). The zero-order valence-electron chi connectivity index (χ0n) is 19.3. The molecule has 3 N–H and O–H groups in total. The van der Waals surface area contributed by atoms with E-state index in [2.05, 4.69) is 21.1 Å². The maximum absolute atomic E-state index is 12.9. The van der Waals surface area contributed by atoms with Crippen LogP contribution in [0.1, 0.15) is 50.4 Å². The van der Waals surface area contributed by atoms with E-state index in [1.807, 2.05) is 13.8 Å². The molecule has 1 aliphatic rings. The first-order chi connectivity index (χ1) is 15.0. The second-order valence-corrected chi connectivity index (χ2v) is 8.61. The highest BCUT2D eigenvalue weighted by Crippen LogP contribution is 2.29. The van der Waals surface area contributed by atoms with Crippen LogP contribution < -0.4 is 16.0 Å². The van der Waals surface area contributed by atoms with Gasteiger partial charge in [-0.25, -0.2) is 0 Å². The minimum Gasteiger partial charge on any atom is -0.382 e. The molecule has 1 aromatic heterocycles. The van der Waals surface area contributed by atoms with Gasteiger partial charge >= 0.3 is 0 Å². The van der Waals surface area contributed by atoms with Gasteiger partial charge in [-0.05, 0) is 33.1 Å².